The van der Waals surface area contributed by atoms with Crippen molar-refractivity contribution in [3.63, 3.8) is 0 Å². The molecule has 0 atom stereocenters. The predicted molar refractivity (Wildman–Crippen MR) is 103 cm³/mol. The Labute approximate surface area is 150 Å². The van der Waals surface area contributed by atoms with Crippen LogP contribution in [0, 0.1) is 6.92 Å². The number of aryl methyl sites for hydroxylation is 1. The monoisotopic (exact) mass is 334 g/mol. The molecule has 1 fully saturated rings. The van der Waals surface area contributed by atoms with E-state index in [1.807, 2.05) is 38.1 Å². The Hall–Kier alpha value is -2.42. The summed E-state index contributed by atoms with van der Waals surface area (Å²) in [6.45, 7) is 3.92. The lowest BCUT2D eigenvalue weighted by Crippen LogP contribution is -2.19. The molecule has 0 radical (unpaired) electrons. The molecule has 1 saturated carbocycles. The van der Waals surface area contributed by atoms with E-state index in [4.69, 9.17) is 0 Å². The van der Waals surface area contributed by atoms with Crippen LogP contribution in [0.25, 0.3) is 0 Å². The van der Waals surface area contributed by atoms with Crippen LogP contribution in [0.5, 0.6) is 0 Å². The summed E-state index contributed by atoms with van der Waals surface area (Å²) in [5.41, 5.74) is 7.69. The Bertz CT molecular complexity index is 739. The maximum absolute atomic E-state index is 12.1. The first-order valence-electron chi connectivity index (χ1n) is 9.15. The highest BCUT2D eigenvalue weighted by Gasteiger charge is 2.15. The molecule has 0 spiro atoms. The Kier molecular flexibility index (Phi) is 5.64. The molecule has 3 nitrogen and oxygen atoms in total. The number of hydrogen-bond acceptors (Lipinski definition) is 2. The third-order valence-electron chi connectivity index (χ3n) is 5.04. The minimum atomic E-state index is -0.182. The number of hydrogen-bond donors (Lipinski definition) is 1. The number of benzene rings is 2. The molecule has 0 unspecified atom stereocenters. The van der Waals surface area contributed by atoms with Crippen LogP contribution in [-0.4, -0.2) is 11.6 Å². The van der Waals surface area contributed by atoms with Gasteiger partial charge in [0.1, 0.15) is 0 Å². The van der Waals surface area contributed by atoms with Crippen molar-refractivity contribution in [1.29, 1.82) is 0 Å². The fourth-order valence-corrected chi connectivity index (χ4v) is 3.40. The largest absolute Gasteiger partial charge is 0.271 e. The van der Waals surface area contributed by atoms with E-state index >= 15 is 0 Å². The summed E-state index contributed by atoms with van der Waals surface area (Å²) < 4.78 is 0. The van der Waals surface area contributed by atoms with E-state index in [-0.39, 0.29) is 5.91 Å². The minimum Gasteiger partial charge on any atom is -0.267 e. The van der Waals surface area contributed by atoms with E-state index in [1.165, 1.54) is 37.7 Å². The van der Waals surface area contributed by atoms with Gasteiger partial charge in [-0.25, -0.2) is 5.43 Å². The number of nitrogens with zero attached hydrogens (tertiary/aromatic N) is 1. The van der Waals surface area contributed by atoms with Crippen molar-refractivity contribution < 1.29 is 4.79 Å². The third-order valence-corrected chi connectivity index (χ3v) is 5.04. The lowest BCUT2D eigenvalue weighted by molar-refractivity contribution is 0.0955. The lowest BCUT2D eigenvalue weighted by atomic mass is 9.84. The van der Waals surface area contributed by atoms with Crippen molar-refractivity contribution in [3.05, 3.63) is 70.8 Å². The SMILES string of the molecule is C/C(=N\NC(=O)c1ccc(C)cc1)c1ccc(C2CCCCC2)cc1. The van der Waals surface area contributed by atoms with E-state index in [1.54, 1.807) is 0 Å². The van der Waals surface area contributed by atoms with Crippen LogP contribution in [0.4, 0.5) is 0 Å². The highest BCUT2D eigenvalue weighted by molar-refractivity contribution is 6.00. The van der Waals surface area contributed by atoms with Gasteiger partial charge in [0.2, 0.25) is 0 Å². The summed E-state index contributed by atoms with van der Waals surface area (Å²) in [5.74, 6) is 0.527. The number of carbonyl (C=O) groups is 1. The molecule has 0 saturated heterocycles. The van der Waals surface area contributed by atoms with E-state index < -0.39 is 0 Å². The van der Waals surface area contributed by atoms with Crippen molar-refractivity contribution in [2.75, 3.05) is 0 Å². The second-order valence-corrected chi connectivity index (χ2v) is 6.96. The first-order valence-corrected chi connectivity index (χ1v) is 9.15. The normalized spacial score (nSPS) is 15.8. The Balaban J connectivity index is 1.63. The summed E-state index contributed by atoms with van der Waals surface area (Å²) >= 11 is 0. The number of amides is 1. The molecule has 1 N–H and O–H groups in total. The second-order valence-electron chi connectivity index (χ2n) is 6.96. The lowest BCUT2D eigenvalue weighted by Gasteiger charge is -2.22. The summed E-state index contributed by atoms with van der Waals surface area (Å²) in [6, 6.07) is 16.1. The van der Waals surface area contributed by atoms with E-state index in [0.29, 0.717) is 11.5 Å². The standard InChI is InChI=1S/C22H26N2O/c1-16-8-10-21(11-9-16)22(25)24-23-17(2)18-12-14-20(15-13-18)19-6-4-3-5-7-19/h8-15,19H,3-7H2,1-2H3,(H,24,25)/b23-17+. The van der Waals surface area contributed by atoms with E-state index in [9.17, 15) is 4.79 Å². The average molecular weight is 334 g/mol. The molecule has 0 aliphatic heterocycles. The zero-order valence-electron chi connectivity index (χ0n) is 15.1. The maximum atomic E-state index is 12.1. The zero-order valence-corrected chi connectivity index (χ0v) is 15.1. The predicted octanol–water partition coefficient (Wildman–Crippen LogP) is 5.20. The first kappa shape index (κ1) is 17.4. The van der Waals surface area contributed by atoms with Crippen LogP contribution in [-0.2, 0) is 0 Å². The van der Waals surface area contributed by atoms with Crippen molar-refractivity contribution in [3.8, 4) is 0 Å². The Morgan fingerprint density at radius 1 is 0.920 bits per heavy atom. The number of carbonyl (C=O) groups excluding carboxylic acids is 1. The Morgan fingerprint density at radius 3 is 2.16 bits per heavy atom. The van der Waals surface area contributed by atoms with Gasteiger partial charge in [0.15, 0.2) is 0 Å². The van der Waals surface area contributed by atoms with Gasteiger partial charge in [-0.05, 0) is 55.9 Å². The molecule has 3 heteroatoms. The molecule has 0 bridgehead atoms. The van der Waals surface area contributed by atoms with Crippen LogP contribution in [0.2, 0.25) is 0 Å². The maximum Gasteiger partial charge on any atom is 0.271 e. The van der Waals surface area contributed by atoms with Gasteiger partial charge in [0, 0.05) is 5.56 Å². The highest BCUT2D eigenvalue weighted by Crippen LogP contribution is 2.32. The van der Waals surface area contributed by atoms with E-state index in [2.05, 4.69) is 34.8 Å². The van der Waals surface area contributed by atoms with Crippen molar-refractivity contribution in [1.82, 2.24) is 5.43 Å². The molecular weight excluding hydrogens is 308 g/mol. The highest BCUT2D eigenvalue weighted by atomic mass is 16.2. The van der Waals surface area contributed by atoms with Gasteiger partial charge in [-0.3, -0.25) is 4.79 Å². The molecule has 1 amide bonds. The summed E-state index contributed by atoms with van der Waals surface area (Å²) in [4.78, 5) is 12.1. The van der Waals surface area contributed by atoms with Crippen molar-refractivity contribution in [2.45, 2.75) is 51.9 Å². The smallest absolute Gasteiger partial charge is 0.267 e. The van der Waals surface area contributed by atoms with E-state index in [0.717, 1.165) is 16.8 Å². The van der Waals surface area contributed by atoms with Crippen LogP contribution >= 0.6 is 0 Å². The molecule has 3 rings (SSSR count). The van der Waals surface area contributed by atoms with Crippen molar-refractivity contribution >= 4 is 11.6 Å². The average Bonchev–Trinajstić information content (AvgIpc) is 2.67. The van der Waals surface area contributed by atoms with Crippen LogP contribution in [0.3, 0.4) is 0 Å². The summed E-state index contributed by atoms with van der Waals surface area (Å²) in [5, 5.41) is 4.25. The van der Waals surface area contributed by atoms with Gasteiger partial charge in [-0.1, -0.05) is 61.2 Å². The summed E-state index contributed by atoms with van der Waals surface area (Å²) in [7, 11) is 0. The molecule has 0 aromatic heterocycles. The number of hydrazone groups is 1. The molecule has 25 heavy (non-hydrogen) atoms. The number of rotatable bonds is 4. The number of nitrogens with one attached hydrogen (secondary N) is 1. The molecule has 2 aromatic carbocycles. The van der Waals surface area contributed by atoms with Gasteiger partial charge in [0.25, 0.3) is 5.91 Å². The fourth-order valence-electron chi connectivity index (χ4n) is 3.40. The summed E-state index contributed by atoms with van der Waals surface area (Å²) in [6.07, 6.45) is 6.68. The molecule has 2 aromatic rings. The van der Waals surface area contributed by atoms with Gasteiger partial charge in [0.05, 0.1) is 5.71 Å². The molecule has 130 valence electrons. The van der Waals surface area contributed by atoms with Gasteiger partial charge >= 0.3 is 0 Å². The molecule has 1 aliphatic carbocycles. The minimum absolute atomic E-state index is 0.182. The third kappa shape index (κ3) is 4.56. The zero-order chi connectivity index (χ0) is 17.6. The topological polar surface area (TPSA) is 41.5 Å². The van der Waals surface area contributed by atoms with Gasteiger partial charge in [-0.2, -0.15) is 5.10 Å². The fraction of sp³-hybridized carbons (Fsp3) is 0.364. The van der Waals surface area contributed by atoms with Gasteiger partial charge in [-0.15, -0.1) is 0 Å². The Morgan fingerprint density at radius 2 is 1.52 bits per heavy atom. The second kappa shape index (κ2) is 8.11. The molecule has 1 aliphatic rings. The van der Waals surface area contributed by atoms with Crippen LogP contribution in [0.15, 0.2) is 53.6 Å². The molecule has 0 heterocycles. The quantitative estimate of drug-likeness (QED) is 0.606. The van der Waals surface area contributed by atoms with Crippen LogP contribution in [0.1, 0.15) is 72.0 Å². The first-order chi connectivity index (χ1) is 12.1. The van der Waals surface area contributed by atoms with Crippen molar-refractivity contribution in [2.24, 2.45) is 5.10 Å². The molecular formula is C22H26N2O. The van der Waals surface area contributed by atoms with Gasteiger partial charge < -0.3 is 0 Å². The van der Waals surface area contributed by atoms with Crippen LogP contribution < -0.4 is 5.43 Å².